The van der Waals surface area contributed by atoms with E-state index in [9.17, 15) is 9.59 Å². The number of carbonyl (C=O) groups is 2. The molecule has 0 spiro atoms. The molecule has 0 bridgehead atoms. The zero-order valence-corrected chi connectivity index (χ0v) is 19.6. The Kier molecular flexibility index (Phi) is 7.43. The van der Waals surface area contributed by atoms with Crippen molar-refractivity contribution in [2.45, 2.75) is 45.1 Å². The summed E-state index contributed by atoms with van der Waals surface area (Å²) in [5.74, 6) is 0.882. The number of amides is 2. The molecule has 1 atom stereocenters. The summed E-state index contributed by atoms with van der Waals surface area (Å²) >= 11 is 0. The molecule has 1 aromatic heterocycles. The second kappa shape index (κ2) is 10.7. The number of carbonyl (C=O) groups excluding carboxylic acids is 2. The first kappa shape index (κ1) is 23.7. The molecule has 0 radical (unpaired) electrons. The molecule has 178 valence electrons. The van der Waals surface area contributed by atoms with Gasteiger partial charge in [-0.1, -0.05) is 42.5 Å². The van der Waals surface area contributed by atoms with Crippen LogP contribution in [0.3, 0.4) is 0 Å². The molecule has 1 saturated carbocycles. The number of nitrogens with one attached hydrogen (secondary N) is 2. The molecule has 1 aliphatic carbocycles. The molecule has 0 saturated heterocycles. The Bertz CT molecular complexity index is 1120. The van der Waals surface area contributed by atoms with Crippen LogP contribution in [0.15, 0.2) is 54.6 Å². The van der Waals surface area contributed by atoms with Crippen molar-refractivity contribution in [3.8, 4) is 11.3 Å². The molecule has 1 heterocycles. The highest BCUT2D eigenvalue weighted by Gasteiger charge is 2.28. The topological polar surface area (TPSA) is 127 Å². The average Bonchev–Trinajstić information content (AvgIpc) is 3.25. The van der Waals surface area contributed by atoms with Gasteiger partial charge in [-0.15, -0.1) is 0 Å². The Morgan fingerprint density at radius 3 is 2.35 bits per heavy atom. The van der Waals surface area contributed by atoms with Gasteiger partial charge in [0.25, 0.3) is 0 Å². The second-order valence-electron chi connectivity index (χ2n) is 9.24. The van der Waals surface area contributed by atoms with Crippen LogP contribution in [-0.2, 0) is 11.2 Å². The molecule has 0 unspecified atom stereocenters. The Morgan fingerprint density at radius 2 is 1.74 bits per heavy atom. The van der Waals surface area contributed by atoms with E-state index in [1.54, 1.807) is 12.1 Å². The first-order valence-corrected chi connectivity index (χ1v) is 12.0. The lowest BCUT2D eigenvalue weighted by Gasteiger charge is -2.28. The molecule has 7 heteroatoms. The van der Waals surface area contributed by atoms with E-state index >= 15 is 0 Å². The lowest BCUT2D eigenvalue weighted by molar-refractivity contribution is -0.127. The number of primary amides is 1. The van der Waals surface area contributed by atoms with Gasteiger partial charge in [0.2, 0.25) is 11.8 Å². The van der Waals surface area contributed by atoms with Gasteiger partial charge < -0.3 is 21.8 Å². The molecular weight excluding hydrogens is 426 g/mol. The van der Waals surface area contributed by atoms with Gasteiger partial charge in [-0.25, -0.2) is 4.98 Å². The first-order valence-electron chi connectivity index (χ1n) is 12.0. The van der Waals surface area contributed by atoms with Crippen LogP contribution in [0, 0.1) is 18.8 Å². The van der Waals surface area contributed by atoms with Crippen LogP contribution in [0.2, 0.25) is 0 Å². The lowest BCUT2D eigenvalue weighted by Crippen LogP contribution is -2.37. The minimum Gasteiger partial charge on any atom is -0.366 e. The number of aryl methyl sites for hydroxylation is 1. The summed E-state index contributed by atoms with van der Waals surface area (Å²) in [6.45, 7) is 2.66. The van der Waals surface area contributed by atoms with E-state index in [0.29, 0.717) is 24.4 Å². The van der Waals surface area contributed by atoms with Crippen LogP contribution in [0.4, 0.5) is 0 Å². The van der Waals surface area contributed by atoms with E-state index < -0.39 is 5.91 Å². The Balaban J connectivity index is 1.57. The molecule has 1 aliphatic rings. The van der Waals surface area contributed by atoms with E-state index in [2.05, 4.69) is 22.4 Å². The average molecular weight is 460 g/mol. The standard InChI is InChI=1S/C27H33N5O2/c1-17-24(20-11-13-21(14-12-20)25(29)33)32-26(30-17)23(15-18-5-3-2-4-6-18)31-27(34)22-9-7-19(16-28)8-10-22/h2-6,11-14,19,22-23H,7-10,15-16,28H2,1H3,(H2,29,33)(H,30,32)(H,31,34)/t19-,22-,23-/m0/s1. The third-order valence-electron chi connectivity index (χ3n) is 6.83. The maximum atomic E-state index is 13.2. The number of hydrogen-bond donors (Lipinski definition) is 4. The Labute approximate surface area is 200 Å². The van der Waals surface area contributed by atoms with Crippen LogP contribution < -0.4 is 16.8 Å². The number of hydrogen-bond acceptors (Lipinski definition) is 4. The molecule has 6 N–H and O–H groups in total. The molecule has 2 aromatic carbocycles. The van der Waals surface area contributed by atoms with E-state index in [-0.39, 0.29) is 17.9 Å². The highest BCUT2D eigenvalue weighted by atomic mass is 16.2. The Morgan fingerprint density at radius 1 is 1.06 bits per heavy atom. The fraction of sp³-hybridized carbons (Fsp3) is 0.370. The molecular formula is C27H33N5O2. The molecule has 34 heavy (non-hydrogen) atoms. The monoisotopic (exact) mass is 459 g/mol. The van der Waals surface area contributed by atoms with E-state index in [1.165, 1.54) is 0 Å². The zero-order chi connectivity index (χ0) is 24.1. The van der Waals surface area contributed by atoms with Gasteiger partial charge in [-0.05, 0) is 69.2 Å². The van der Waals surface area contributed by atoms with Gasteiger partial charge in [0.05, 0.1) is 11.7 Å². The Hall–Kier alpha value is -3.45. The number of benzene rings is 2. The molecule has 7 nitrogen and oxygen atoms in total. The lowest BCUT2D eigenvalue weighted by atomic mass is 9.81. The van der Waals surface area contributed by atoms with Gasteiger partial charge in [-0.3, -0.25) is 9.59 Å². The number of aromatic nitrogens is 2. The smallest absolute Gasteiger partial charge is 0.248 e. The van der Waals surface area contributed by atoms with Crippen molar-refractivity contribution in [3.05, 3.63) is 77.2 Å². The van der Waals surface area contributed by atoms with Crippen molar-refractivity contribution >= 4 is 11.8 Å². The van der Waals surface area contributed by atoms with Crippen molar-refractivity contribution in [2.75, 3.05) is 6.54 Å². The summed E-state index contributed by atoms with van der Waals surface area (Å²) in [4.78, 5) is 32.9. The number of H-pyrrole nitrogens is 1. The van der Waals surface area contributed by atoms with E-state index in [0.717, 1.165) is 54.0 Å². The maximum Gasteiger partial charge on any atom is 0.248 e. The van der Waals surface area contributed by atoms with Crippen molar-refractivity contribution in [2.24, 2.45) is 23.3 Å². The fourth-order valence-corrected chi connectivity index (χ4v) is 4.74. The van der Waals surface area contributed by atoms with Crippen LogP contribution in [0.1, 0.15) is 59.2 Å². The van der Waals surface area contributed by atoms with Crippen molar-refractivity contribution in [1.82, 2.24) is 15.3 Å². The number of rotatable bonds is 8. The van der Waals surface area contributed by atoms with Crippen LogP contribution in [0.5, 0.6) is 0 Å². The quantitative estimate of drug-likeness (QED) is 0.410. The molecule has 3 aromatic rings. The summed E-state index contributed by atoms with van der Waals surface area (Å²) in [5, 5.41) is 3.28. The van der Waals surface area contributed by atoms with E-state index in [1.807, 2.05) is 37.3 Å². The zero-order valence-electron chi connectivity index (χ0n) is 19.6. The van der Waals surface area contributed by atoms with E-state index in [4.69, 9.17) is 16.5 Å². The number of aromatic amines is 1. The summed E-state index contributed by atoms with van der Waals surface area (Å²) < 4.78 is 0. The van der Waals surface area contributed by atoms with Crippen molar-refractivity contribution < 1.29 is 9.59 Å². The summed E-state index contributed by atoms with van der Waals surface area (Å²) in [7, 11) is 0. The third-order valence-corrected chi connectivity index (χ3v) is 6.83. The third kappa shape index (κ3) is 5.54. The summed E-state index contributed by atoms with van der Waals surface area (Å²) in [5.41, 5.74) is 15.3. The minimum atomic E-state index is -0.461. The van der Waals surface area contributed by atoms with Crippen molar-refractivity contribution in [1.29, 1.82) is 0 Å². The van der Waals surface area contributed by atoms with Gasteiger partial charge in [0.1, 0.15) is 5.82 Å². The van der Waals surface area contributed by atoms with Crippen LogP contribution >= 0.6 is 0 Å². The SMILES string of the molecule is Cc1[nH]c([C@H](Cc2ccccc2)NC(=O)[C@H]2CC[C@H](CN)CC2)nc1-c1ccc(C(N)=O)cc1. The molecule has 0 aliphatic heterocycles. The van der Waals surface area contributed by atoms with Crippen LogP contribution in [0.25, 0.3) is 11.3 Å². The first-order chi connectivity index (χ1) is 16.4. The summed E-state index contributed by atoms with van der Waals surface area (Å²) in [6, 6.07) is 16.9. The predicted octanol–water partition coefficient (Wildman–Crippen LogP) is 3.65. The molecule has 1 fully saturated rings. The number of nitrogens with two attached hydrogens (primary N) is 2. The normalized spacial score (nSPS) is 18.9. The van der Waals surface area contributed by atoms with Crippen LogP contribution in [-0.4, -0.2) is 28.3 Å². The van der Waals surface area contributed by atoms with Gasteiger partial charge in [-0.2, -0.15) is 0 Å². The number of nitrogens with zero attached hydrogens (tertiary/aromatic N) is 1. The van der Waals surface area contributed by atoms with Gasteiger partial charge in [0.15, 0.2) is 0 Å². The molecule has 4 rings (SSSR count). The predicted molar refractivity (Wildman–Crippen MR) is 133 cm³/mol. The maximum absolute atomic E-state index is 13.2. The number of imidazole rings is 1. The minimum absolute atomic E-state index is 0.0120. The highest BCUT2D eigenvalue weighted by Crippen LogP contribution is 2.30. The second-order valence-corrected chi connectivity index (χ2v) is 9.24. The van der Waals surface area contributed by atoms with Crippen molar-refractivity contribution in [3.63, 3.8) is 0 Å². The summed E-state index contributed by atoms with van der Waals surface area (Å²) in [6.07, 6.45) is 4.39. The van der Waals surface area contributed by atoms with Gasteiger partial charge >= 0.3 is 0 Å². The largest absolute Gasteiger partial charge is 0.366 e. The molecule has 2 amide bonds. The van der Waals surface area contributed by atoms with Gasteiger partial charge in [0, 0.05) is 22.7 Å². The fourth-order valence-electron chi connectivity index (χ4n) is 4.74. The highest BCUT2D eigenvalue weighted by molar-refractivity contribution is 5.93.